The van der Waals surface area contributed by atoms with Crippen molar-refractivity contribution in [2.45, 2.75) is 113 Å². The highest BCUT2D eigenvalue weighted by molar-refractivity contribution is 5.87. The molecule has 0 unspecified atom stereocenters. The van der Waals surface area contributed by atoms with E-state index in [1.54, 1.807) is 66.5 Å². The van der Waals surface area contributed by atoms with Gasteiger partial charge in [-0.1, -0.05) is 12.7 Å². The first-order chi connectivity index (χ1) is 51.1. The van der Waals surface area contributed by atoms with Crippen molar-refractivity contribution in [3.8, 4) is 28.6 Å². The van der Waals surface area contributed by atoms with E-state index in [1.807, 2.05) is 25.4 Å². The minimum atomic E-state index is 0.145. The number of morpholine rings is 3. The maximum absolute atomic E-state index is 6.57. The van der Waals surface area contributed by atoms with Gasteiger partial charge in [-0.3, -0.25) is 15.0 Å². The number of aryl methyl sites for hydroxylation is 1. The molecule has 0 bridgehead atoms. The molecule has 542 valence electrons. The van der Waals surface area contributed by atoms with E-state index in [9.17, 15) is 0 Å². The van der Waals surface area contributed by atoms with Crippen LogP contribution in [-0.2, 0) is 21.3 Å². The average Bonchev–Trinajstić information content (AvgIpc) is 0.983. The van der Waals surface area contributed by atoms with Crippen LogP contribution in [0.3, 0.4) is 0 Å². The van der Waals surface area contributed by atoms with E-state index in [-0.39, 0.29) is 18.3 Å². The maximum atomic E-state index is 6.57. The fraction of sp³-hybridized carbons (Fsp3) is 0.467. The smallest absolute Gasteiger partial charge is 0.224 e. The molecule has 0 radical (unpaired) electrons. The fourth-order valence-electron chi connectivity index (χ4n) is 14.6. The van der Waals surface area contributed by atoms with Crippen LogP contribution in [0.1, 0.15) is 82.6 Å². The minimum absolute atomic E-state index is 0.145. The lowest BCUT2D eigenvalue weighted by Gasteiger charge is -2.34. The van der Waals surface area contributed by atoms with Crippen molar-refractivity contribution in [2.24, 2.45) is 7.05 Å². The van der Waals surface area contributed by atoms with Crippen molar-refractivity contribution in [2.75, 3.05) is 147 Å². The second-order valence-corrected chi connectivity index (χ2v) is 27.5. The summed E-state index contributed by atoms with van der Waals surface area (Å²) in [6.45, 7) is 15.4. The van der Waals surface area contributed by atoms with Crippen LogP contribution in [0.5, 0.6) is 17.2 Å². The topological polar surface area (TPSA) is 293 Å². The summed E-state index contributed by atoms with van der Waals surface area (Å²) in [5.74, 6) is 6.37. The van der Waals surface area contributed by atoms with Crippen LogP contribution in [0.25, 0.3) is 50.6 Å². The van der Waals surface area contributed by atoms with Gasteiger partial charge in [0.1, 0.15) is 39.6 Å². The van der Waals surface area contributed by atoms with Crippen LogP contribution >= 0.6 is 0 Å². The molecule has 6 fully saturated rings. The Labute approximate surface area is 604 Å². The Balaban J connectivity index is 0.000000126. The number of aromatic nitrogens is 15. The number of hydrogen-bond acceptors (Lipinski definition) is 28. The molecule has 7 aliphatic rings. The monoisotopic (exact) mass is 1410 g/mol. The van der Waals surface area contributed by atoms with Gasteiger partial charge in [0.2, 0.25) is 11.9 Å². The number of fused-ring (bicyclic) bond motifs is 4. The van der Waals surface area contributed by atoms with Crippen LogP contribution in [0.4, 0.5) is 46.3 Å². The molecule has 3 aromatic carbocycles. The van der Waals surface area contributed by atoms with Gasteiger partial charge in [0.15, 0.2) is 11.6 Å². The molecule has 0 amide bonds. The summed E-state index contributed by atoms with van der Waals surface area (Å²) in [6, 6.07) is 17.7. The number of rotatable bonds is 17. The molecule has 29 nitrogen and oxygen atoms in total. The third kappa shape index (κ3) is 16.9. The molecule has 3 aliphatic carbocycles. The highest BCUT2D eigenvalue weighted by Gasteiger charge is 2.30. The van der Waals surface area contributed by atoms with E-state index < -0.39 is 0 Å². The van der Waals surface area contributed by atoms with E-state index >= 15 is 0 Å². The average molecular weight is 1410 g/mol. The summed E-state index contributed by atoms with van der Waals surface area (Å²) in [6.07, 6.45) is 31.7. The minimum Gasteiger partial charge on any atom is -0.488 e. The first-order valence-electron chi connectivity index (χ1n) is 36.6. The number of anilines is 8. The zero-order chi connectivity index (χ0) is 70.6. The fourth-order valence-corrected chi connectivity index (χ4v) is 14.6. The molecule has 4 aliphatic heterocycles. The van der Waals surface area contributed by atoms with E-state index in [0.717, 1.165) is 265 Å². The van der Waals surface area contributed by atoms with Crippen molar-refractivity contribution < 1.29 is 28.4 Å². The maximum Gasteiger partial charge on any atom is 0.224 e. The summed E-state index contributed by atoms with van der Waals surface area (Å²) in [5.41, 5.74) is 11.3. The zero-order valence-electron chi connectivity index (χ0n) is 59.4. The first-order valence-corrected chi connectivity index (χ1v) is 36.6. The second-order valence-electron chi connectivity index (χ2n) is 27.5. The van der Waals surface area contributed by atoms with Gasteiger partial charge in [-0.25, -0.2) is 39.6 Å². The van der Waals surface area contributed by atoms with E-state index in [2.05, 4.69) is 163 Å². The van der Waals surface area contributed by atoms with Crippen molar-refractivity contribution >= 4 is 85.5 Å². The van der Waals surface area contributed by atoms with Gasteiger partial charge in [-0.05, 0) is 118 Å². The predicted molar refractivity (Wildman–Crippen MR) is 401 cm³/mol. The summed E-state index contributed by atoms with van der Waals surface area (Å²) in [7, 11) is 6.00. The number of hydrogen-bond donors (Lipinski definition) is 3. The number of tetrazole rings is 1. The Morgan fingerprint density at radius 3 is 1.29 bits per heavy atom. The van der Waals surface area contributed by atoms with Crippen LogP contribution < -0.4 is 54.7 Å². The second kappa shape index (κ2) is 32.9. The Morgan fingerprint density at radius 1 is 0.442 bits per heavy atom. The SMILES string of the molecule is C=Cc1cnc(NC2CCC(Oc3cc(N4CCOCC4)cc4nccnc34)CC2)nc1.CN1CCN(C)c2nc(NC3CCC(Oc4cc(N5CCOCC5)cc5nccnc45)CC3)ncc21.Cn1nnnc1-c1ccc(NC2CCC(Oc3cc(N4CCOCC4)cc4nccnc34)CC2)nc1. The molecular weight excluding hydrogens is 1320 g/mol. The largest absolute Gasteiger partial charge is 0.488 e. The zero-order valence-corrected chi connectivity index (χ0v) is 59.4. The Bertz CT molecular complexity index is 4480. The highest BCUT2D eigenvalue weighted by Crippen LogP contribution is 2.38. The summed E-state index contributed by atoms with van der Waals surface area (Å²) >= 11 is 0. The van der Waals surface area contributed by atoms with Crippen LogP contribution in [0.15, 0.2) is 117 Å². The molecule has 3 N–H and O–H groups in total. The Hall–Kier alpha value is -10.5. The molecule has 3 saturated carbocycles. The lowest BCUT2D eigenvalue weighted by atomic mass is 9.93. The van der Waals surface area contributed by atoms with E-state index in [4.69, 9.17) is 33.4 Å². The summed E-state index contributed by atoms with van der Waals surface area (Å²) in [4.78, 5) is 61.4. The van der Waals surface area contributed by atoms with Crippen LogP contribution in [0.2, 0.25) is 0 Å². The normalized spacial score (nSPS) is 21.4. The van der Waals surface area contributed by atoms with Gasteiger partial charge in [0, 0.05) is 194 Å². The number of nitrogens with one attached hydrogen (secondary N) is 3. The number of nitrogens with zero attached hydrogens (tertiary/aromatic N) is 20. The van der Waals surface area contributed by atoms with E-state index in [0.29, 0.717) is 35.8 Å². The van der Waals surface area contributed by atoms with Crippen molar-refractivity contribution in [1.82, 2.24) is 75.0 Å². The lowest BCUT2D eigenvalue weighted by Crippen LogP contribution is -2.38. The molecule has 11 heterocycles. The number of ether oxygens (including phenoxy) is 6. The van der Waals surface area contributed by atoms with Gasteiger partial charge in [0.05, 0.1) is 86.4 Å². The van der Waals surface area contributed by atoms with Crippen molar-refractivity contribution in [3.63, 3.8) is 0 Å². The predicted octanol–water partition coefficient (Wildman–Crippen LogP) is 9.50. The van der Waals surface area contributed by atoms with E-state index in [1.165, 1.54) is 0 Å². The lowest BCUT2D eigenvalue weighted by molar-refractivity contribution is 0.122. The molecule has 0 atom stereocenters. The third-order valence-corrected chi connectivity index (χ3v) is 20.5. The first kappa shape index (κ1) is 69.2. The number of likely N-dealkylation sites (N-methyl/N-ethyl adjacent to an activating group) is 2. The van der Waals surface area contributed by atoms with Crippen LogP contribution in [-0.4, -0.2) is 218 Å². The molecular formula is C75H91N23O6. The molecule has 0 spiro atoms. The highest BCUT2D eigenvalue weighted by atomic mass is 16.5. The van der Waals surface area contributed by atoms with Gasteiger partial charge >= 0.3 is 0 Å². The summed E-state index contributed by atoms with van der Waals surface area (Å²) < 4.78 is 37.8. The molecule has 7 aromatic heterocycles. The molecule has 104 heavy (non-hydrogen) atoms. The quantitative estimate of drug-likeness (QED) is 0.0764. The summed E-state index contributed by atoms with van der Waals surface area (Å²) in [5, 5.41) is 22.2. The molecule has 17 rings (SSSR count). The number of pyridine rings is 1. The molecule has 3 saturated heterocycles. The Kier molecular flexibility index (Phi) is 21.9. The number of benzene rings is 3. The van der Waals surface area contributed by atoms with Gasteiger partial charge in [-0.2, -0.15) is 4.98 Å². The van der Waals surface area contributed by atoms with Gasteiger partial charge in [-0.15, -0.1) is 5.10 Å². The van der Waals surface area contributed by atoms with Crippen molar-refractivity contribution in [1.29, 1.82) is 0 Å². The van der Waals surface area contributed by atoms with Gasteiger partial charge in [0.25, 0.3) is 0 Å². The molecule has 29 heteroatoms. The third-order valence-electron chi connectivity index (χ3n) is 20.5. The standard InChI is InChI=1S/C26H34N8O2.C25H29N9O2.C24H28N6O2/c1-32-9-10-33(2)25-22(32)17-29-26(31-25)30-18-3-5-20(6-4-18)36-23-16-19(34-11-13-35-14-12-34)15-21-24(23)28-8-7-27-21;1-33-25(30-31-32-33)17-2-7-23(28-16-17)29-18-3-5-20(6-4-18)36-22-15-19(34-10-12-35-13-11-34)14-21-24(22)27-9-8-26-21;1-2-17-15-27-24(28-16-17)29-18-3-5-20(6-4-18)32-22-14-19(30-9-11-31-12-10-30)13-21-23(22)26-8-7-25-21/h7-8,15-18,20H,3-6,9-14H2,1-2H3,(H,29,30,31);2,7-9,14-16,18,20H,3-6,10-13H2,1H3,(H,28,29);2,7-8,13-16,18,20H,1,3-6,9-12H2,(H,27,28,29). The van der Waals surface area contributed by atoms with Gasteiger partial charge < -0.3 is 68.9 Å². The van der Waals surface area contributed by atoms with Crippen LogP contribution in [0, 0.1) is 0 Å². The Morgan fingerprint density at radius 2 is 0.865 bits per heavy atom. The molecule has 10 aromatic rings. The van der Waals surface area contributed by atoms with Crippen molar-refractivity contribution in [3.05, 3.63) is 123 Å².